The second kappa shape index (κ2) is 6.17. The predicted molar refractivity (Wildman–Crippen MR) is 78.7 cm³/mol. The molecule has 0 unspecified atom stereocenters. The smallest absolute Gasteiger partial charge is 0.284 e. The van der Waals surface area contributed by atoms with E-state index in [0.717, 1.165) is 0 Å². The zero-order valence-electron chi connectivity index (χ0n) is 11.8. The number of ether oxygens (including phenoxy) is 1. The van der Waals surface area contributed by atoms with Crippen molar-refractivity contribution in [2.24, 2.45) is 0 Å². The van der Waals surface area contributed by atoms with E-state index in [-0.39, 0.29) is 23.1 Å². The van der Waals surface area contributed by atoms with E-state index in [4.69, 9.17) is 4.74 Å². The Bertz CT molecular complexity index is 665. The van der Waals surface area contributed by atoms with Gasteiger partial charge in [-0.05, 0) is 26.0 Å². The van der Waals surface area contributed by atoms with Crippen LogP contribution in [0.25, 0.3) is 0 Å². The number of hydrogen-bond acceptors (Lipinski definition) is 4. The van der Waals surface area contributed by atoms with E-state index < -0.39 is 4.92 Å². The van der Waals surface area contributed by atoms with Crippen molar-refractivity contribution in [2.75, 3.05) is 0 Å². The molecule has 5 nitrogen and oxygen atoms in total. The summed E-state index contributed by atoms with van der Waals surface area (Å²) in [7, 11) is 0. The molecule has 5 heteroatoms. The third-order valence-electron chi connectivity index (χ3n) is 2.82. The molecule has 0 saturated heterocycles. The molecule has 0 amide bonds. The van der Waals surface area contributed by atoms with Gasteiger partial charge in [0.25, 0.3) is 5.69 Å². The summed E-state index contributed by atoms with van der Waals surface area (Å²) in [6.45, 7) is 3.66. The fourth-order valence-electron chi connectivity index (χ4n) is 1.95. The van der Waals surface area contributed by atoms with Crippen molar-refractivity contribution >= 4 is 11.5 Å². The Morgan fingerprint density at radius 1 is 1.14 bits per heavy atom. The summed E-state index contributed by atoms with van der Waals surface area (Å²) < 4.78 is 5.43. The molecule has 0 aliphatic rings. The molecule has 2 aromatic rings. The fraction of sp³-hybridized carbons (Fsp3) is 0.188. The maximum Gasteiger partial charge on any atom is 0.284 e. The van der Waals surface area contributed by atoms with Crippen LogP contribution >= 0.6 is 0 Å². The van der Waals surface area contributed by atoms with E-state index in [1.807, 2.05) is 13.8 Å². The number of ketones is 1. The van der Waals surface area contributed by atoms with Crippen molar-refractivity contribution in [1.29, 1.82) is 0 Å². The van der Waals surface area contributed by atoms with Crippen LogP contribution in [0.2, 0.25) is 0 Å². The van der Waals surface area contributed by atoms with Gasteiger partial charge in [-0.1, -0.05) is 30.3 Å². The summed E-state index contributed by atoms with van der Waals surface area (Å²) >= 11 is 0. The van der Waals surface area contributed by atoms with Gasteiger partial charge in [0.2, 0.25) is 0 Å². The molecule has 0 aliphatic heterocycles. The Balaban J connectivity index is 2.44. The zero-order chi connectivity index (χ0) is 15.4. The predicted octanol–water partition coefficient (Wildman–Crippen LogP) is 3.61. The van der Waals surface area contributed by atoms with E-state index >= 15 is 0 Å². The molecule has 0 heterocycles. The average molecular weight is 285 g/mol. The lowest BCUT2D eigenvalue weighted by Crippen LogP contribution is -2.08. The molecular weight excluding hydrogens is 270 g/mol. The summed E-state index contributed by atoms with van der Waals surface area (Å²) in [5, 5.41) is 11.2. The lowest BCUT2D eigenvalue weighted by molar-refractivity contribution is -0.385. The van der Waals surface area contributed by atoms with Gasteiger partial charge < -0.3 is 4.74 Å². The summed E-state index contributed by atoms with van der Waals surface area (Å²) in [5.74, 6) is -0.000270. The van der Waals surface area contributed by atoms with Crippen molar-refractivity contribution in [2.45, 2.75) is 20.0 Å². The minimum Gasteiger partial charge on any atom is -0.491 e. The van der Waals surface area contributed by atoms with Gasteiger partial charge in [-0.25, -0.2) is 0 Å². The van der Waals surface area contributed by atoms with Gasteiger partial charge in [-0.2, -0.15) is 0 Å². The lowest BCUT2D eigenvalue weighted by Gasteiger charge is -2.10. The van der Waals surface area contributed by atoms with Crippen LogP contribution in [0, 0.1) is 10.1 Å². The Hall–Kier alpha value is -2.69. The Labute approximate surface area is 122 Å². The highest BCUT2D eigenvalue weighted by Crippen LogP contribution is 2.27. The molecule has 0 radical (unpaired) electrons. The highest BCUT2D eigenvalue weighted by atomic mass is 16.6. The molecule has 0 aromatic heterocycles. The molecule has 0 saturated carbocycles. The number of nitrogens with zero attached hydrogens (tertiary/aromatic N) is 1. The summed E-state index contributed by atoms with van der Waals surface area (Å²) in [5.41, 5.74) is 0.224. The quantitative estimate of drug-likeness (QED) is 0.478. The average Bonchev–Trinajstić information content (AvgIpc) is 2.46. The highest BCUT2D eigenvalue weighted by molar-refractivity contribution is 6.11. The number of hydrogen-bond donors (Lipinski definition) is 0. The monoisotopic (exact) mass is 285 g/mol. The van der Waals surface area contributed by atoms with E-state index in [1.54, 1.807) is 36.4 Å². The molecule has 108 valence electrons. The van der Waals surface area contributed by atoms with E-state index in [9.17, 15) is 14.9 Å². The first-order valence-corrected chi connectivity index (χ1v) is 6.54. The second-order valence-corrected chi connectivity index (χ2v) is 4.80. The van der Waals surface area contributed by atoms with Gasteiger partial charge in [-0.3, -0.25) is 14.9 Å². The van der Waals surface area contributed by atoms with E-state index in [1.165, 1.54) is 12.1 Å². The van der Waals surface area contributed by atoms with E-state index in [0.29, 0.717) is 11.3 Å². The molecule has 0 fully saturated rings. The first-order valence-electron chi connectivity index (χ1n) is 6.54. The largest absolute Gasteiger partial charge is 0.491 e. The van der Waals surface area contributed by atoms with Crippen LogP contribution in [-0.2, 0) is 0 Å². The molecule has 0 atom stereocenters. The van der Waals surface area contributed by atoms with Crippen LogP contribution in [0.3, 0.4) is 0 Å². The molecule has 0 spiro atoms. The number of benzene rings is 2. The van der Waals surface area contributed by atoms with Gasteiger partial charge in [0, 0.05) is 5.56 Å². The Morgan fingerprint density at radius 2 is 1.81 bits per heavy atom. The summed E-state index contributed by atoms with van der Waals surface area (Å²) in [4.78, 5) is 23.0. The summed E-state index contributed by atoms with van der Waals surface area (Å²) in [6, 6.07) is 12.8. The SMILES string of the molecule is CC(C)Oc1ccc(C(=O)c2ccccc2)c([N+](=O)[O-])c1. The van der Waals surface area contributed by atoms with Crippen LogP contribution in [0.5, 0.6) is 5.75 Å². The first kappa shape index (κ1) is 14.7. The third kappa shape index (κ3) is 3.45. The van der Waals surface area contributed by atoms with Crippen LogP contribution < -0.4 is 4.74 Å². The van der Waals surface area contributed by atoms with E-state index in [2.05, 4.69) is 0 Å². The molecule has 0 aliphatic carbocycles. The minimum atomic E-state index is -0.566. The van der Waals surface area contributed by atoms with Crippen LogP contribution in [0.1, 0.15) is 29.8 Å². The van der Waals surface area contributed by atoms with Gasteiger partial charge in [0.1, 0.15) is 11.3 Å². The molecule has 2 aromatic carbocycles. The summed E-state index contributed by atoms with van der Waals surface area (Å²) in [6.07, 6.45) is -0.0970. The number of nitro groups is 1. The highest BCUT2D eigenvalue weighted by Gasteiger charge is 2.22. The van der Waals surface area contributed by atoms with Crippen LogP contribution in [-0.4, -0.2) is 16.8 Å². The normalized spacial score (nSPS) is 10.4. The van der Waals surface area contributed by atoms with Crippen molar-refractivity contribution in [3.8, 4) is 5.75 Å². The van der Waals surface area contributed by atoms with Gasteiger partial charge >= 0.3 is 0 Å². The second-order valence-electron chi connectivity index (χ2n) is 4.80. The lowest BCUT2D eigenvalue weighted by atomic mass is 10.0. The molecular formula is C16H15NO4. The number of carbonyl (C=O) groups is 1. The van der Waals surface area contributed by atoms with Gasteiger partial charge in [-0.15, -0.1) is 0 Å². The number of carbonyl (C=O) groups excluding carboxylic acids is 1. The van der Waals surface area contributed by atoms with Crippen molar-refractivity contribution < 1.29 is 14.5 Å². The standard InChI is InChI=1S/C16H15NO4/c1-11(2)21-13-8-9-14(15(10-13)17(19)20)16(18)12-6-4-3-5-7-12/h3-11H,1-2H3. The fourth-order valence-corrected chi connectivity index (χ4v) is 1.95. The van der Waals surface area contributed by atoms with Crippen LogP contribution in [0.4, 0.5) is 5.69 Å². The van der Waals surface area contributed by atoms with Crippen molar-refractivity contribution in [3.05, 3.63) is 69.8 Å². The number of nitro benzene ring substituents is 1. The third-order valence-corrected chi connectivity index (χ3v) is 2.82. The van der Waals surface area contributed by atoms with Gasteiger partial charge in [0.15, 0.2) is 5.78 Å². The molecule has 21 heavy (non-hydrogen) atoms. The topological polar surface area (TPSA) is 69.4 Å². The molecule has 0 N–H and O–H groups in total. The van der Waals surface area contributed by atoms with Gasteiger partial charge in [0.05, 0.1) is 17.1 Å². The van der Waals surface area contributed by atoms with Crippen molar-refractivity contribution in [3.63, 3.8) is 0 Å². The van der Waals surface area contributed by atoms with Crippen molar-refractivity contribution in [1.82, 2.24) is 0 Å². The molecule has 2 rings (SSSR count). The zero-order valence-corrected chi connectivity index (χ0v) is 11.8. The minimum absolute atomic E-state index is 0.0577. The maximum absolute atomic E-state index is 12.4. The number of rotatable bonds is 5. The Morgan fingerprint density at radius 3 is 2.38 bits per heavy atom. The molecule has 0 bridgehead atoms. The maximum atomic E-state index is 12.4. The Kier molecular flexibility index (Phi) is 4.33. The first-order chi connectivity index (χ1) is 9.99. The van der Waals surface area contributed by atoms with Crippen LogP contribution in [0.15, 0.2) is 48.5 Å².